The first-order chi connectivity index (χ1) is 14.2. The zero-order valence-electron chi connectivity index (χ0n) is 16.1. The third-order valence-electron chi connectivity index (χ3n) is 5.33. The lowest BCUT2D eigenvalue weighted by Gasteiger charge is -2.31. The quantitative estimate of drug-likeness (QED) is 0.605. The molecule has 1 unspecified atom stereocenters. The maximum Gasteiger partial charge on any atom is 0.164 e. The highest BCUT2D eigenvalue weighted by atomic mass is 32.2. The molecule has 29 heavy (non-hydrogen) atoms. The van der Waals surface area contributed by atoms with Gasteiger partial charge in [-0.3, -0.25) is 9.11 Å². The van der Waals surface area contributed by atoms with Crippen LogP contribution in [-0.2, 0) is 24.4 Å². The van der Waals surface area contributed by atoms with Crippen molar-refractivity contribution in [2.24, 2.45) is 0 Å². The molecule has 2 aromatic carbocycles. The van der Waals surface area contributed by atoms with E-state index < -0.39 is 11.3 Å². The lowest BCUT2D eigenvalue weighted by Crippen LogP contribution is -2.32. The molecule has 1 atom stereocenters. The average molecular weight is 411 g/mol. The number of nitrogens with zero attached hydrogens (tertiary/aromatic N) is 4. The van der Waals surface area contributed by atoms with Crippen LogP contribution in [0.15, 0.2) is 60.9 Å². The van der Waals surface area contributed by atoms with Crippen LogP contribution in [0.2, 0.25) is 0 Å². The minimum Gasteiger partial charge on any atom is -0.760 e. The Hall–Kier alpha value is -2.39. The Bertz CT molecular complexity index is 954. The number of likely N-dealkylation sites (tertiary alicyclic amines) is 1. The Balaban J connectivity index is 1.31. The number of hydrogen-bond donors (Lipinski definition) is 1. The maximum absolute atomic E-state index is 10.7. The highest BCUT2D eigenvalue weighted by Gasteiger charge is 2.21. The maximum atomic E-state index is 10.7. The third kappa shape index (κ3) is 5.36. The monoisotopic (exact) mass is 410 g/mol. The lowest BCUT2D eigenvalue weighted by molar-refractivity contribution is 0.200. The molecule has 7 nitrogen and oxygen atoms in total. The van der Waals surface area contributed by atoms with Gasteiger partial charge in [0.05, 0.1) is 12.2 Å². The molecule has 0 bridgehead atoms. The first kappa shape index (κ1) is 19.9. The average Bonchev–Trinajstić information content (AvgIpc) is 3.22. The topological polar surface area (TPSA) is 86.1 Å². The van der Waals surface area contributed by atoms with Crippen molar-refractivity contribution in [3.63, 3.8) is 0 Å². The summed E-state index contributed by atoms with van der Waals surface area (Å²) in [6.07, 6.45) is 3.92. The van der Waals surface area contributed by atoms with E-state index in [1.54, 1.807) is 6.33 Å². The van der Waals surface area contributed by atoms with Crippen LogP contribution in [0.25, 0.3) is 5.69 Å². The molecule has 152 valence electrons. The largest absolute Gasteiger partial charge is 0.760 e. The normalized spacial score (nSPS) is 16.7. The Labute approximate surface area is 173 Å². The molecule has 1 aliphatic heterocycles. The SMILES string of the molecule is O=S([O-])NCc1cccc(C2CCN(Cc3ncn(-c4ccccc4)n3)CC2)c1. The smallest absolute Gasteiger partial charge is 0.164 e. The van der Waals surface area contributed by atoms with Crippen molar-refractivity contribution in [2.45, 2.75) is 31.8 Å². The molecule has 1 saturated heterocycles. The van der Waals surface area contributed by atoms with Gasteiger partial charge in [-0.1, -0.05) is 42.5 Å². The fraction of sp³-hybridized carbons (Fsp3) is 0.333. The predicted molar refractivity (Wildman–Crippen MR) is 111 cm³/mol. The molecular weight excluding hydrogens is 386 g/mol. The summed E-state index contributed by atoms with van der Waals surface area (Å²) in [4.78, 5) is 6.86. The lowest BCUT2D eigenvalue weighted by atomic mass is 9.88. The van der Waals surface area contributed by atoms with Gasteiger partial charge >= 0.3 is 0 Å². The van der Waals surface area contributed by atoms with E-state index in [1.165, 1.54) is 5.56 Å². The molecule has 2 heterocycles. The Morgan fingerprint density at radius 2 is 1.90 bits per heavy atom. The summed E-state index contributed by atoms with van der Waals surface area (Å²) in [6.45, 7) is 3.08. The van der Waals surface area contributed by atoms with E-state index >= 15 is 0 Å². The summed E-state index contributed by atoms with van der Waals surface area (Å²) in [5.74, 6) is 1.34. The molecule has 0 saturated carbocycles. The molecular formula is C21H24N5O2S-. The van der Waals surface area contributed by atoms with E-state index in [1.807, 2.05) is 47.1 Å². The zero-order chi connectivity index (χ0) is 20.1. The molecule has 0 amide bonds. The number of aromatic nitrogens is 3. The Kier molecular flexibility index (Phi) is 6.46. The predicted octanol–water partition coefficient (Wildman–Crippen LogP) is 2.53. The minimum absolute atomic E-state index is 0.332. The number of para-hydroxylation sites is 1. The van der Waals surface area contributed by atoms with Gasteiger partial charge in [-0.05, 0) is 55.1 Å². The molecule has 0 spiro atoms. The highest BCUT2D eigenvalue weighted by molar-refractivity contribution is 7.77. The van der Waals surface area contributed by atoms with E-state index in [0.29, 0.717) is 12.5 Å². The first-order valence-electron chi connectivity index (χ1n) is 9.77. The van der Waals surface area contributed by atoms with Crippen molar-refractivity contribution >= 4 is 11.3 Å². The van der Waals surface area contributed by atoms with Gasteiger partial charge < -0.3 is 4.55 Å². The van der Waals surface area contributed by atoms with Gasteiger partial charge in [-0.25, -0.2) is 14.4 Å². The number of piperidine rings is 1. The molecule has 0 aliphatic carbocycles. The standard InChI is InChI=1S/C21H25N5O2S/c27-29(28)23-14-17-5-4-6-19(13-17)18-9-11-25(12-10-18)15-21-22-16-26(24-21)20-7-2-1-3-8-20/h1-8,13,16,18,23H,9-12,14-15H2,(H,27,28)/p-1. The van der Waals surface area contributed by atoms with Gasteiger partial charge in [0.25, 0.3) is 0 Å². The fourth-order valence-corrected chi connectivity index (χ4v) is 4.08. The van der Waals surface area contributed by atoms with Gasteiger partial charge in [0.15, 0.2) is 5.82 Å². The highest BCUT2D eigenvalue weighted by Crippen LogP contribution is 2.29. The second kappa shape index (κ2) is 9.41. The van der Waals surface area contributed by atoms with Crippen LogP contribution in [0.1, 0.15) is 35.7 Å². The molecule has 0 radical (unpaired) electrons. The van der Waals surface area contributed by atoms with Crippen LogP contribution >= 0.6 is 0 Å². The number of hydrogen-bond acceptors (Lipinski definition) is 5. The summed E-state index contributed by atoms with van der Waals surface area (Å²) >= 11 is -2.23. The number of nitrogens with one attached hydrogen (secondary N) is 1. The van der Waals surface area contributed by atoms with Gasteiger partial charge in [0, 0.05) is 17.8 Å². The fourth-order valence-electron chi connectivity index (χ4n) is 3.80. The van der Waals surface area contributed by atoms with Crippen LogP contribution in [0.5, 0.6) is 0 Å². The van der Waals surface area contributed by atoms with Crippen LogP contribution < -0.4 is 4.72 Å². The molecule has 1 aromatic heterocycles. The third-order valence-corrected chi connectivity index (χ3v) is 5.71. The molecule has 1 N–H and O–H groups in total. The van der Waals surface area contributed by atoms with E-state index in [-0.39, 0.29) is 0 Å². The summed E-state index contributed by atoms with van der Waals surface area (Å²) in [5.41, 5.74) is 3.29. The Morgan fingerprint density at radius 3 is 2.66 bits per heavy atom. The molecule has 4 rings (SSSR count). The van der Waals surface area contributed by atoms with Gasteiger partial charge in [0.1, 0.15) is 6.33 Å². The van der Waals surface area contributed by atoms with E-state index in [0.717, 1.165) is 49.6 Å². The Morgan fingerprint density at radius 1 is 1.10 bits per heavy atom. The van der Waals surface area contributed by atoms with Crippen molar-refractivity contribution in [3.8, 4) is 5.69 Å². The summed E-state index contributed by atoms with van der Waals surface area (Å²) in [6, 6.07) is 18.2. The van der Waals surface area contributed by atoms with Crippen molar-refractivity contribution in [3.05, 3.63) is 77.9 Å². The minimum atomic E-state index is -2.23. The second-order valence-corrected chi connectivity index (χ2v) is 8.05. The number of benzene rings is 2. The van der Waals surface area contributed by atoms with E-state index in [4.69, 9.17) is 0 Å². The van der Waals surface area contributed by atoms with Gasteiger partial charge in [-0.15, -0.1) is 5.10 Å². The van der Waals surface area contributed by atoms with Crippen molar-refractivity contribution in [1.82, 2.24) is 24.4 Å². The number of rotatable bonds is 7. The van der Waals surface area contributed by atoms with Crippen LogP contribution in [0.3, 0.4) is 0 Å². The molecule has 3 aromatic rings. The van der Waals surface area contributed by atoms with Crippen LogP contribution in [0, 0.1) is 0 Å². The molecule has 8 heteroatoms. The summed E-state index contributed by atoms with van der Waals surface area (Å²) < 4.78 is 25.6. The zero-order valence-corrected chi connectivity index (χ0v) is 16.9. The first-order valence-corrected chi connectivity index (χ1v) is 10.8. The van der Waals surface area contributed by atoms with Crippen LogP contribution in [0.4, 0.5) is 0 Å². The van der Waals surface area contributed by atoms with Gasteiger partial charge in [0.2, 0.25) is 0 Å². The molecule has 1 aliphatic rings. The van der Waals surface area contributed by atoms with Crippen molar-refractivity contribution in [2.75, 3.05) is 13.1 Å². The summed E-state index contributed by atoms with van der Waals surface area (Å²) in [5, 5.41) is 4.60. The van der Waals surface area contributed by atoms with E-state index in [2.05, 4.69) is 31.8 Å². The van der Waals surface area contributed by atoms with Crippen LogP contribution in [-0.4, -0.2) is 41.5 Å². The van der Waals surface area contributed by atoms with Gasteiger partial charge in [-0.2, -0.15) is 0 Å². The summed E-state index contributed by atoms with van der Waals surface area (Å²) in [7, 11) is 0. The second-order valence-electron chi connectivity index (χ2n) is 7.29. The molecule has 1 fully saturated rings. The van der Waals surface area contributed by atoms with Crippen molar-refractivity contribution < 1.29 is 8.76 Å². The van der Waals surface area contributed by atoms with E-state index in [9.17, 15) is 8.76 Å². The van der Waals surface area contributed by atoms with Crippen molar-refractivity contribution in [1.29, 1.82) is 0 Å².